The van der Waals surface area contributed by atoms with E-state index in [2.05, 4.69) is 56.4 Å². The molecule has 0 aliphatic rings. The third-order valence-corrected chi connectivity index (χ3v) is 5.22. The van der Waals surface area contributed by atoms with Crippen molar-refractivity contribution in [2.24, 2.45) is 5.41 Å². The molecule has 1 unspecified atom stereocenters. The van der Waals surface area contributed by atoms with Crippen LogP contribution in [0.4, 0.5) is 0 Å². The zero-order chi connectivity index (χ0) is 14.7. The molecule has 1 rings (SSSR count). The number of hydrogen-bond donors (Lipinski definition) is 1. The Hall–Kier alpha value is -0.470. The summed E-state index contributed by atoms with van der Waals surface area (Å²) in [4.78, 5) is 1.40. The Kier molecular flexibility index (Phi) is 9.04. The van der Waals surface area contributed by atoms with E-state index in [1.165, 1.54) is 49.3 Å². The molecule has 0 aliphatic carbocycles. The lowest BCUT2D eigenvalue weighted by Crippen LogP contribution is -2.34. The van der Waals surface area contributed by atoms with Crippen molar-refractivity contribution in [3.05, 3.63) is 30.3 Å². The van der Waals surface area contributed by atoms with Gasteiger partial charge in [0.05, 0.1) is 0 Å². The van der Waals surface area contributed by atoms with E-state index in [9.17, 15) is 0 Å². The van der Waals surface area contributed by atoms with Crippen molar-refractivity contribution in [1.82, 2.24) is 5.32 Å². The van der Waals surface area contributed by atoms with Gasteiger partial charge >= 0.3 is 0 Å². The average molecular weight is 294 g/mol. The van der Waals surface area contributed by atoms with Crippen molar-refractivity contribution in [1.29, 1.82) is 0 Å². The van der Waals surface area contributed by atoms with Crippen LogP contribution in [0.1, 0.15) is 52.9 Å². The van der Waals surface area contributed by atoms with E-state index in [0.29, 0.717) is 5.41 Å². The molecular weight excluding hydrogens is 262 g/mol. The van der Waals surface area contributed by atoms with Crippen LogP contribution in [-0.4, -0.2) is 18.8 Å². The predicted molar refractivity (Wildman–Crippen MR) is 92.6 cm³/mol. The van der Waals surface area contributed by atoms with Crippen LogP contribution in [0.5, 0.6) is 0 Å². The summed E-state index contributed by atoms with van der Waals surface area (Å²) in [6.45, 7) is 9.13. The van der Waals surface area contributed by atoms with Gasteiger partial charge in [-0.2, -0.15) is 0 Å². The predicted octanol–water partition coefficient (Wildman–Crippen LogP) is 5.36. The molecule has 0 fully saturated rings. The molecular formula is C18H31NS. The average Bonchev–Trinajstić information content (AvgIpc) is 2.51. The maximum absolute atomic E-state index is 3.59. The van der Waals surface area contributed by atoms with Crippen molar-refractivity contribution in [3.8, 4) is 0 Å². The van der Waals surface area contributed by atoms with E-state index in [0.717, 1.165) is 6.54 Å². The lowest BCUT2D eigenvalue weighted by atomic mass is 9.77. The summed E-state index contributed by atoms with van der Waals surface area (Å²) < 4.78 is 0. The molecule has 1 atom stereocenters. The molecule has 0 spiro atoms. The van der Waals surface area contributed by atoms with Crippen molar-refractivity contribution in [2.45, 2.75) is 57.8 Å². The molecule has 1 aromatic carbocycles. The van der Waals surface area contributed by atoms with Crippen molar-refractivity contribution < 1.29 is 0 Å². The minimum Gasteiger partial charge on any atom is -0.316 e. The summed E-state index contributed by atoms with van der Waals surface area (Å²) in [6.07, 6.45) is 6.63. The molecule has 0 saturated carbocycles. The van der Waals surface area contributed by atoms with E-state index in [1.54, 1.807) is 0 Å². The second kappa shape index (κ2) is 10.3. The maximum Gasteiger partial charge on any atom is 0.00719 e. The largest absolute Gasteiger partial charge is 0.316 e. The van der Waals surface area contributed by atoms with Gasteiger partial charge < -0.3 is 5.32 Å². The third-order valence-electron chi connectivity index (χ3n) is 4.20. The molecule has 0 radical (unpaired) electrons. The normalized spacial score (nSPS) is 14.2. The first-order chi connectivity index (χ1) is 9.76. The van der Waals surface area contributed by atoms with Crippen LogP contribution in [0.3, 0.4) is 0 Å². The highest BCUT2D eigenvalue weighted by atomic mass is 32.2. The monoisotopic (exact) mass is 293 g/mol. The SMILES string of the molecule is CCCCC(CC)(CCSc1ccccc1)CNCC. The van der Waals surface area contributed by atoms with Gasteiger partial charge in [-0.25, -0.2) is 0 Å². The summed E-state index contributed by atoms with van der Waals surface area (Å²) in [5, 5.41) is 3.59. The number of thioether (sulfide) groups is 1. The zero-order valence-electron chi connectivity index (χ0n) is 13.5. The first-order valence-corrected chi connectivity index (χ1v) is 9.13. The molecule has 0 amide bonds. The fraction of sp³-hybridized carbons (Fsp3) is 0.667. The fourth-order valence-electron chi connectivity index (χ4n) is 2.62. The van der Waals surface area contributed by atoms with Gasteiger partial charge in [-0.3, -0.25) is 0 Å². The molecule has 1 N–H and O–H groups in total. The molecule has 0 bridgehead atoms. The number of nitrogens with one attached hydrogen (secondary N) is 1. The first kappa shape index (κ1) is 17.6. The lowest BCUT2D eigenvalue weighted by molar-refractivity contribution is 0.225. The highest BCUT2D eigenvalue weighted by molar-refractivity contribution is 7.99. The lowest BCUT2D eigenvalue weighted by Gasteiger charge is -2.33. The standard InChI is InChI=1S/C18H31NS/c1-4-7-13-18(5-2,16-19-6-3)14-15-20-17-11-9-8-10-12-17/h8-12,19H,4-7,13-16H2,1-3H3. The number of benzene rings is 1. The van der Waals surface area contributed by atoms with E-state index < -0.39 is 0 Å². The Bertz CT molecular complexity index is 329. The van der Waals surface area contributed by atoms with Crippen LogP contribution >= 0.6 is 11.8 Å². The fourth-order valence-corrected chi connectivity index (χ4v) is 3.74. The highest BCUT2D eigenvalue weighted by Crippen LogP contribution is 2.34. The van der Waals surface area contributed by atoms with Crippen LogP contribution in [0.2, 0.25) is 0 Å². The van der Waals surface area contributed by atoms with Gasteiger partial charge in [-0.1, -0.05) is 51.8 Å². The van der Waals surface area contributed by atoms with E-state index in [4.69, 9.17) is 0 Å². The topological polar surface area (TPSA) is 12.0 Å². The van der Waals surface area contributed by atoms with Gasteiger partial charge in [0.25, 0.3) is 0 Å². The summed E-state index contributed by atoms with van der Waals surface area (Å²) in [5.41, 5.74) is 0.494. The van der Waals surface area contributed by atoms with Crippen molar-refractivity contribution in [3.63, 3.8) is 0 Å². The van der Waals surface area contributed by atoms with Gasteiger partial charge in [-0.05, 0) is 49.1 Å². The number of rotatable bonds is 11. The van der Waals surface area contributed by atoms with Crippen LogP contribution < -0.4 is 5.32 Å². The Morgan fingerprint density at radius 3 is 2.40 bits per heavy atom. The Morgan fingerprint density at radius 2 is 1.80 bits per heavy atom. The third kappa shape index (κ3) is 6.32. The molecule has 0 aromatic heterocycles. The second-order valence-corrected chi connectivity index (χ2v) is 6.82. The van der Waals surface area contributed by atoms with E-state index in [1.807, 2.05) is 11.8 Å². The molecule has 2 heteroatoms. The second-order valence-electron chi connectivity index (χ2n) is 5.65. The van der Waals surface area contributed by atoms with E-state index in [-0.39, 0.29) is 0 Å². The molecule has 114 valence electrons. The van der Waals surface area contributed by atoms with Gasteiger partial charge in [0, 0.05) is 11.4 Å². The smallest absolute Gasteiger partial charge is 0.00719 e. The Balaban J connectivity index is 2.49. The van der Waals surface area contributed by atoms with Crippen molar-refractivity contribution in [2.75, 3.05) is 18.8 Å². The molecule has 1 nitrogen and oxygen atoms in total. The van der Waals surface area contributed by atoms with Gasteiger partial charge in [0.2, 0.25) is 0 Å². The highest BCUT2D eigenvalue weighted by Gasteiger charge is 2.26. The molecule has 0 saturated heterocycles. The van der Waals surface area contributed by atoms with Gasteiger partial charge in [0.1, 0.15) is 0 Å². The summed E-state index contributed by atoms with van der Waals surface area (Å²) in [5.74, 6) is 1.23. The maximum atomic E-state index is 3.59. The van der Waals surface area contributed by atoms with Crippen LogP contribution in [0, 0.1) is 5.41 Å². The summed E-state index contributed by atoms with van der Waals surface area (Å²) in [7, 11) is 0. The minimum atomic E-state index is 0.494. The molecule has 0 aliphatic heterocycles. The van der Waals surface area contributed by atoms with Gasteiger partial charge in [-0.15, -0.1) is 11.8 Å². The summed E-state index contributed by atoms with van der Waals surface area (Å²) >= 11 is 2.00. The summed E-state index contributed by atoms with van der Waals surface area (Å²) in [6, 6.07) is 10.8. The Labute approximate surface area is 129 Å². The molecule has 0 heterocycles. The van der Waals surface area contributed by atoms with Crippen LogP contribution in [0.25, 0.3) is 0 Å². The number of unbranched alkanes of at least 4 members (excludes halogenated alkanes) is 1. The van der Waals surface area contributed by atoms with Crippen molar-refractivity contribution >= 4 is 11.8 Å². The molecule has 1 aromatic rings. The molecule has 20 heavy (non-hydrogen) atoms. The minimum absolute atomic E-state index is 0.494. The van der Waals surface area contributed by atoms with Crippen LogP contribution in [-0.2, 0) is 0 Å². The number of hydrogen-bond acceptors (Lipinski definition) is 2. The van der Waals surface area contributed by atoms with Crippen LogP contribution in [0.15, 0.2) is 35.2 Å². The first-order valence-electron chi connectivity index (χ1n) is 8.15. The van der Waals surface area contributed by atoms with Gasteiger partial charge in [0.15, 0.2) is 0 Å². The quantitative estimate of drug-likeness (QED) is 0.551. The zero-order valence-corrected chi connectivity index (χ0v) is 14.3. The van der Waals surface area contributed by atoms with E-state index >= 15 is 0 Å². The Morgan fingerprint density at radius 1 is 1.05 bits per heavy atom.